The molecule has 0 bridgehead atoms. The molecule has 0 radical (unpaired) electrons. The van der Waals surface area contributed by atoms with E-state index in [0.29, 0.717) is 0 Å². The van der Waals surface area contributed by atoms with Crippen molar-refractivity contribution in [3.63, 3.8) is 0 Å². The summed E-state index contributed by atoms with van der Waals surface area (Å²) >= 11 is 0. The first kappa shape index (κ1) is 40.3. The van der Waals surface area contributed by atoms with Crippen LogP contribution in [0.3, 0.4) is 0 Å². The number of unbranched alkanes of at least 4 members (excludes halogenated alkanes) is 22. The molecule has 0 aliphatic rings. The quantitative estimate of drug-likeness (QED) is 0.0565. The van der Waals surface area contributed by atoms with Crippen molar-refractivity contribution in [1.82, 2.24) is 0 Å². The van der Waals surface area contributed by atoms with Crippen LogP contribution in [0.1, 0.15) is 195 Å². The molecule has 0 N–H and O–H groups in total. The molecule has 0 aliphatic heterocycles. The van der Waals surface area contributed by atoms with Gasteiger partial charge in [0, 0.05) is 0 Å². The number of hydrogen-bond acceptors (Lipinski definition) is 3. The normalized spacial score (nSPS) is 13.5. The van der Waals surface area contributed by atoms with Crippen molar-refractivity contribution in [2.45, 2.75) is 195 Å². The van der Waals surface area contributed by atoms with Crippen LogP contribution < -0.4 is 0 Å². The van der Waals surface area contributed by atoms with Crippen molar-refractivity contribution in [2.24, 2.45) is 0 Å². The maximum absolute atomic E-state index is 12.9. The Kier molecular flexibility index (Phi) is 26.0. The molecule has 0 amide bonds. The third-order valence-electron chi connectivity index (χ3n) is 9.16. The van der Waals surface area contributed by atoms with Crippen LogP contribution in [-0.4, -0.2) is 39.3 Å². The van der Waals surface area contributed by atoms with Crippen molar-refractivity contribution in [2.75, 3.05) is 30.9 Å². The van der Waals surface area contributed by atoms with Gasteiger partial charge in [0.05, 0.1) is 0 Å². The van der Waals surface area contributed by atoms with Crippen molar-refractivity contribution in [1.29, 1.82) is 0 Å². The Morgan fingerprint density at radius 3 is 0.800 bits per heavy atom. The molecule has 0 fully saturated rings. The average Bonchev–Trinajstić information content (AvgIpc) is 2.91. The number of rotatable bonds is 32. The van der Waals surface area contributed by atoms with E-state index in [1.54, 1.807) is 0 Å². The van der Waals surface area contributed by atoms with E-state index in [0.717, 1.165) is 50.3 Å². The Morgan fingerprint density at radius 2 is 0.575 bits per heavy atom. The molecule has 0 heterocycles. The molecule has 0 saturated heterocycles. The molecule has 5 heteroatoms. The average molecular weight is 607 g/mol. The molecule has 0 rings (SSSR count). The second kappa shape index (κ2) is 25.8. The second-order valence-corrected chi connectivity index (χ2v) is 20.8. The van der Waals surface area contributed by atoms with Gasteiger partial charge in [-0.3, -0.25) is 0 Å². The van der Waals surface area contributed by atoms with E-state index in [2.05, 4.69) is 27.7 Å². The third kappa shape index (κ3) is 22.0. The standard InChI is InChI=1S/C35H75O3PS/c1-6-10-14-18-19-20-21-22-23-24-25-26-27-31-35-39(38-40(5,36)37,32-28-15-11-7-2,33-29-16-12-8-3)34-30-17-13-9-4/h6-35H2,1-5H3. The van der Waals surface area contributed by atoms with Gasteiger partial charge in [-0.2, -0.15) is 0 Å². The van der Waals surface area contributed by atoms with Crippen LogP contribution in [0.25, 0.3) is 0 Å². The van der Waals surface area contributed by atoms with E-state index >= 15 is 0 Å². The van der Waals surface area contributed by atoms with Crippen LogP contribution in [0.5, 0.6) is 0 Å². The van der Waals surface area contributed by atoms with Crippen molar-refractivity contribution in [3.05, 3.63) is 0 Å². The summed E-state index contributed by atoms with van der Waals surface area (Å²) in [5.74, 6) is 0. The van der Waals surface area contributed by atoms with Gasteiger partial charge in [-0.1, -0.05) is 26.2 Å². The minimum atomic E-state index is -3.48. The Hall–Kier alpha value is 0.340. The molecule has 40 heavy (non-hydrogen) atoms. The fourth-order valence-corrected chi connectivity index (χ4v) is 16.4. The van der Waals surface area contributed by atoms with E-state index in [-0.39, 0.29) is 0 Å². The predicted octanol–water partition coefficient (Wildman–Crippen LogP) is 12.7. The van der Waals surface area contributed by atoms with Crippen LogP contribution in [0.15, 0.2) is 0 Å². The zero-order chi connectivity index (χ0) is 29.9. The summed E-state index contributed by atoms with van der Waals surface area (Å²) < 4.78 is 32.3. The van der Waals surface area contributed by atoms with Gasteiger partial charge in [-0.15, -0.1) is 0 Å². The first-order valence-electron chi connectivity index (χ1n) is 18.2. The second-order valence-electron chi connectivity index (χ2n) is 13.3. The summed E-state index contributed by atoms with van der Waals surface area (Å²) in [5.41, 5.74) is 0. The summed E-state index contributed by atoms with van der Waals surface area (Å²) in [4.78, 5) is 0. The van der Waals surface area contributed by atoms with Crippen LogP contribution in [0.4, 0.5) is 0 Å². The molecule has 0 aromatic heterocycles. The molecule has 0 aliphatic carbocycles. The van der Waals surface area contributed by atoms with E-state index in [4.69, 9.17) is 3.97 Å². The van der Waals surface area contributed by atoms with Gasteiger partial charge < -0.3 is 0 Å². The van der Waals surface area contributed by atoms with Crippen LogP contribution in [0, 0.1) is 0 Å². The molecular formula is C35H75O3PS. The third-order valence-corrected chi connectivity index (χ3v) is 17.7. The van der Waals surface area contributed by atoms with Crippen molar-refractivity contribution in [3.8, 4) is 0 Å². The summed E-state index contributed by atoms with van der Waals surface area (Å²) in [6, 6.07) is 0. The Labute approximate surface area is 254 Å². The van der Waals surface area contributed by atoms with Crippen molar-refractivity contribution < 1.29 is 12.4 Å². The van der Waals surface area contributed by atoms with E-state index < -0.39 is 16.9 Å². The monoisotopic (exact) mass is 607 g/mol. The molecule has 0 saturated carbocycles. The van der Waals surface area contributed by atoms with E-state index in [1.165, 1.54) is 148 Å². The zero-order valence-electron chi connectivity index (χ0n) is 28.3. The Morgan fingerprint density at radius 1 is 0.375 bits per heavy atom. The number of hydrogen-bond donors (Lipinski definition) is 0. The molecule has 0 aromatic carbocycles. The van der Waals surface area contributed by atoms with Gasteiger partial charge in [0.1, 0.15) is 0 Å². The molecule has 0 unspecified atom stereocenters. The summed E-state index contributed by atoms with van der Waals surface area (Å²) in [6.45, 7) is 6.24. The van der Waals surface area contributed by atoms with Gasteiger partial charge in [-0.05, 0) is 0 Å². The van der Waals surface area contributed by atoms with Gasteiger partial charge in [0.25, 0.3) is 0 Å². The van der Waals surface area contributed by atoms with Crippen molar-refractivity contribution >= 4 is 16.9 Å². The van der Waals surface area contributed by atoms with Gasteiger partial charge in [-0.25, -0.2) is 0 Å². The topological polar surface area (TPSA) is 43.4 Å². The SMILES string of the molecule is CCCCCCCCCCCCCCCCP(CCCCCC)(CCCCCC)(CCCCCC)OS(C)(=O)=O. The fourth-order valence-electron chi connectivity index (χ4n) is 6.72. The molecule has 0 atom stereocenters. The summed E-state index contributed by atoms with van der Waals surface area (Å²) in [7, 11) is -3.48. The van der Waals surface area contributed by atoms with E-state index in [9.17, 15) is 8.42 Å². The zero-order valence-corrected chi connectivity index (χ0v) is 30.0. The molecular weight excluding hydrogens is 531 g/mol. The summed E-state index contributed by atoms with van der Waals surface area (Å²) in [6.07, 6.45) is 39.0. The van der Waals surface area contributed by atoms with Gasteiger partial charge in [0.15, 0.2) is 0 Å². The van der Waals surface area contributed by atoms with Crippen LogP contribution in [-0.2, 0) is 14.1 Å². The Bertz CT molecular complexity index is 615. The predicted molar refractivity (Wildman–Crippen MR) is 185 cm³/mol. The Balaban J connectivity index is 5.09. The van der Waals surface area contributed by atoms with Crippen LogP contribution in [0.2, 0.25) is 0 Å². The van der Waals surface area contributed by atoms with Gasteiger partial charge in [0.2, 0.25) is 0 Å². The maximum atomic E-state index is 12.9. The van der Waals surface area contributed by atoms with Crippen LogP contribution >= 0.6 is 6.83 Å². The minimum absolute atomic E-state index is 1.04. The van der Waals surface area contributed by atoms with E-state index in [1.807, 2.05) is 0 Å². The first-order chi connectivity index (χ1) is 19.3. The molecule has 0 spiro atoms. The molecule has 0 aromatic rings. The fraction of sp³-hybridized carbons (Fsp3) is 1.00. The van der Waals surface area contributed by atoms with Gasteiger partial charge >= 0.3 is 229 Å². The molecule has 3 nitrogen and oxygen atoms in total. The summed E-state index contributed by atoms with van der Waals surface area (Å²) in [5, 5.41) is 0. The first-order valence-corrected chi connectivity index (χ1v) is 22.9. The molecule has 244 valence electrons.